The quantitative estimate of drug-likeness (QED) is 0.793. The lowest BCUT2D eigenvalue weighted by atomic mass is 9.74. The van der Waals surface area contributed by atoms with E-state index in [-0.39, 0.29) is 12.0 Å². The Balaban J connectivity index is 1.60. The fraction of sp³-hybridized carbons (Fsp3) is 0.364. The molecule has 1 aromatic rings. The summed E-state index contributed by atoms with van der Waals surface area (Å²) in [4.78, 5) is 0. The van der Waals surface area contributed by atoms with Crippen LogP contribution in [0.1, 0.15) is 24.8 Å². The zero-order valence-electron chi connectivity index (χ0n) is 15.0. The van der Waals surface area contributed by atoms with Crippen molar-refractivity contribution >= 4 is 6.08 Å². The summed E-state index contributed by atoms with van der Waals surface area (Å²) < 4.78 is 24.0. The summed E-state index contributed by atoms with van der Waals surface area (Å²) in [6.45, 7) is 0. The number of rotatable bonds is 2. The maximum atomic E-state index is 6.64. The predicted molar refractivity (Wildman–Crippen MR) is 98.9 cm³/mol. The first-order valence-corrected chi connectivity index (χ1v) is 9.13. The molecule has 5 rings (SSSR count). The molecule has 26 heavy (non-hydrogen) atoms. The number of allylic oxidation sites excluding steroid dienone is 1. The van der Waals surface area contributed by atoms with Crippen molar-refractivity contribution in [3.05, 3.63) is 65.0 Å². The van der Waals surface area contributed by atoms with Gasteiger partial charge in [0.15, 0.2) is 0 Å². The second kappa shape index (κ2) is 5.78. The molecule has 4 heteroatoms. The average molecular weight is 350 g/mol. The van der Waals surface area contributed by atoms with Crippen LogP contribution in [0.5, 0.6) is 11.5 Å². The molecule has 4 aliphatic rings. The van der Waals surface area contributed by atoms with Crippen molar-refractivity contribution in [3.8, 4) is 11.5 Å². The van der Waals surface area contributed by atoms with Crippen LogP contribution in [0.4, 0.5) is 0 Å². The highest BCUT2D eigenvalue weighted by Gasteiger charge is 2.53. The van der Waals surface area contributed by atoms with E-state index in [1.165, 1.54) is 11.1 Å². The van der Waals surface area contributed by atoms with Crippen LogP contribution in [0.25, 0.3) is 6.08 Å². The summed E-state index contributed by atoms with van der Waals surface area (Å²) in [5.74, 6) is 1.90. The van der Waals surface area contributed by atoms with Crippen LogP contribution in [0, 0.1) is 5.92 Å². The number of benzene rings is 1. The predicted octanol–water partition coefficient (Wildman–Crippen LogP) is 4.39. The second-order valence-electron chi connectivity index (χ2n) is 7.15. The first-order chi connectivity index (χ1) is 12.7. The lowest BCUT2D eigenvalue weighted by Gasteiger charge is -2.50. The Morgan fingerprint density at radius 1 is 1.12 bits per heavy atom. The molecule has 0 aromatic heterocycles. The van der Waals surface area contributed by atoms with Gasteiger partial charge in [-0.2, -0.15) is 0 Å². The van der Waals surface area contributed by atoms with E-state index in [1.54, 1.807) is 14.2 Å². The van der Waals surface area contributed by atoms with Gasteiger partial charge in [-0.05, 0) is 55.2 Å². The minimum Gasteiger partial charge on any atom is -0.497 e. The standard InChI is InChI=1S/C22H22O4/c1-23-18-8-6-14-10-16-4-3-5-17-11-15-7-9-19(24-2)13-21(15)26-22(16,17)25-20(14)12-18/h6-13,16,20H,3-5H2,1-2H3. The zero-order chi connectivity index (χ0) is 17.7. The smallest absolute Gasteiger partial charge is 0.240 e. The molecule has 1 fully saturated rings. The van der Waals surface area contributed by atoms with Gasteiger partial charge in [-0.25, -0.2) is 0 Å². The SMILES string of the molecule is COC1=CC2OC34Oc5cc(OC)ccc5C=C3CCCC4C=C2C=C1. The number of hydrogen-bond donors (Lipinski definition) is 0. The topological polar surface area (TPSA) is 36.9 Å². The summed E-state index contributed by atoms with van der Waals surface area (Å²) in [5.41, 5.74) is 3.49. The maximum absolute atomic E-state index is 6.64. The Kier molecular flexibility index (Phi) is 3.50. The first kappa shape index (κ1) is 15.8. The summed E-state index contributed by atoms with van der Waals surface area (Å²) in [5, 5.41) is 0. The van der Waals surface area contributed by atoms with E-state index in [2.05, 4.69) is 18.2 Å². The van der Waals surface area contributed by atoms with Crippen LogP contribution in [-0.2, 0) is 9.47 Å². The van der Waals surface area contributed by atoms with Crippen LogP contribution in [0.3, 0.4) is 0 Å². The number of methoxy groups -OCH3 is 2. The summed E-state index contributed by atoms with van der Waals surface area (Å²) in [6, 6.07) is 5.97. The van der Waals surface area contributed by atoms with E-state index in [1.807, 2.05) is 30.4 Å². The van der Waals surface area contributed by atoms with Crippen LogP contribution < -0.4 is 9.47 Å². The second-order valence-corrected chi connectivity index (χ2v) is 7.15. The molecule has 4 nitrogen and oxygen atoms in total. The number of hydrogen-bond acceptors (Lipinski definition) is 4. The molecule has 3 atom stereocenters. The Labute approximate surface area is 153 Å². The molecule has 3 unspecified atom stereocenters. The van der Waals surface area contributed by atoms with Crippen LogP contribution >= 0.6 is 0 Å². The van der Waals surface area contributed by atoms with Gasteiger partial charge in [0.05, 0.1) is 14.2 Å². The van der Waals surface area contributed by atoms with Gasteiger partial charge in [0.2, 0.25) is 5.79 Å². The third-order valence-corrected chi connectivity index (χ3v) is 5.72. The summed E-state index contributed by atoms with van der Waals surface area (Å²) >= 11 is 0. The Morgan fingerprint density at radius 3 is 2.88 bits per heavy atom. The van der Waals surface area contributed by atoms with Crippen LogP contribution in [0.15, 0.2) is 59.4 Å². The summed E-state index contributed by atoms with van der Waals surface area (Å²) in [7, 11) is 3.35. The number of ether oxygens (including phenoxy) is 4. The fourth-order valence-corrected chi connectivity index (χ4v) is 4.39. The van der Waals surface area contributed by atoms with Gasteiger partial charge in [-0.15, -0.1) is 0 Å². The van der Waals surface area contributed by atoms with Crippen LogP contribution in [0.2, 0.25) is 0 Å². The Bertz CT molecular complexity index is 876. The van der Waals surface area contributed by atoms with Crippen LogP contribution in [-0.4, -0.2) is 26.1 Å². The van der Waals surface area contributed by atoms with E-state index >= 15 is 0 Å². The van der Waals surface area contributed by atoms with Gasteiger partial charge in [-0.3, -0.25) is 0 Å². The highest BCUT2D eigenvalue weighted by Crippen LogP contribution is 2.52. The van der Waals surface area contributed by atoms with E-state index in [9.17, 15) is 0 Å². The third-order valence-electron chi connectivity index (χ3n) is 5.72. The molecule has 2 aliphatic heterocycles. The minimum atomic E-state index is -0.730. The molecule has 2 aliphatic carbocycles. The normalized spacial score (nSPS) is 31.1. The highest BCUT2D eigenvalue weighted by atomic mass is 16.7. The van der Waals surface area contributed by atoms with Crippen molar-refractivity contribution in [2.24, 2.45) is 5.92 Å². The monoisotopic (exact) mass is 350 g/mol. The van der Waals surface area contributed by atoms with E-state index in [4.69, 9.17) is 18.9 Å². The molecule has 1 spiro atoms. The van der Waals surface area contributed by atoms with Crippen molar-refractivity contribution in [1.29, 1.82) is 0 Å². The molecule has 0 saturated heterocycles. The number of fused-ring (bicyclic) bond motifs is 2. The molecular weight excluding hydrogens is 328 g/mol. The lowest BCUT2D eigenvalue weighted by molar-refractivity contribution is -0.208. The molecule has 2 heterocycles. The molecular formula is C22H22O4. The molecule has 1 saturated carbocycles. The van der Waals surface area contributed by atoms with E-state index in [0.717, 1.165) is 42.1 Å². The van der Waals surface area contributed by atoms with Crippen molar-refractivity contribution in [3.63, 3.8) is 0 Å². The van der Waals surface area contributed by atoms with Gasteiger partial charge < -0.3 is 18.9 Å². The van der Waals surface area contributed by atoms with E-state index in [0.29, 0.717) is 0 Å². The van der Waals surface area contributed by atoms with Gasteiger partial charge >= 0.3 is 0 Å². The van der Waals surface area contributed by atoms with Crippen molar-refractivity contribution in [1.82, 2.24) is 0 Å². The fourth-order valence-electron chi connectivity index (χ4n) is 4.39. The molecule has 1 aromatic carbocycles. The molecule has 0 radical (unpaired) electrons. The van der Waals surface area contributed by atoms with Gasteiger partial charge in [0.25, 0.3) is 0 Å². The van der Waals surface area contributed by atoms with Gasteiger partial charge in [0, 0.05) is 23.1 Å². The average Bonchev–Trinajstić information content (AvgIpc) is 2.68. The maximum Gasteiger partial charge on any atom is 0.240 e. The molecule has 0 N–H and O–H groups in total. The minimum absolute atomic E-state index is 0.153. The zero-order valence-corrected chi connectivity index (χ0v) is 15.0. The molecule has 134 valence electrons. The van der Waals surface area contributed by atoms with Crippen molar-refractivity contribution < 1.29 is 18.9 Å². The van der Waals surface area contributed by atoms with Crippen molar-refractivity contribution in [2.75, 3.05) is 14.2 Å². The van der Waals surface area contributed by atoms with Gasteiger partial charge in [-0.1, -0.05) is 12.2 Å². The van der Waals surface area contributed by atoms with E-state index < -0.39 is 5.79 Å². The summed E-state index contributed by atoms with van der Waals surface area (Å²) in [6.07, 6.45) is 13.7. The Hall–Kier alpha value is -2.46. The first-order valence-electron chi connectivity index (χ1n) is 9.13. The van der Waals surface area contributed by atoms with Crippen molar-refractivity contribution in [2.45, 2.75) is 31.2 Å². The largest absolute Gasteiger partial charge is 0.497 e. The Morgan fingerprint density at radius 2 is 2.04 bits per heavy atom. The highest BCUT2D eigenvalue weighted by molar-refractivity contribution is 5.66. The molecule has 0 amide bonds. The lowest BCUT2D eigenvalue weighted by Crippen LogP contribution is -2.55. The van der Waals surface area contributed by atoms with Gasteiger partial charge in [0.1, 0.15) is 23.4 Å². The molecule has 0 bridgehead atoms. The third kappa shape index (κ3) is 2.25.